The SMILES string of the molecule is CC1Cc2ccccc2N1c1cnccc1C(N)=S. The first kappa shape index (κ1) is 12.1. The Morgan fingerprint density at radius 3 is 2.89 bits per heavy atom. The largest absolute Gasteiger partial charge is 0.389 e. The number of nitrogens with two attached hydrogens (primary N) is 1. The van der Waals surface area contributed by atoms with Gasteiger partial charge in [-0.15, -0.1) is 0 Å². The first-order chi connectivity index (χ1) is 9.18. The summed E-state index contributed by atoms with van der Waals surface area (Å²) in [7, 11) is 0. The summed E-state index contributed by atoms with van der Waals surface area (Å²) in [6.45, 7) is 2.20. The van der Waals surface area contributed by atoms with Crippen LogP contribution in [0.3, 0.4) is 0 Å². The van der Waals surface area contributed by atoms with Gasteiger partial charge in [-0.25, -0.2) is 0 Å². The van der Waals surface area contributed by atoms with E-state index in [-0.39, 0.29) is 0 Å². The summed E-state index contributed by atoms with van der Waals surface area (Å²) in [6.07, 6.45) is 4.60. The smallest absolute Gasteiger partial charge is 0.106 e. The van der Waals surface area contributed by atoms with Crippen LogP contribution in [0.5, 0.6) is 0 Å². The first-order valence-electron chi connectivity index (χ1n) is 6.29. The van der Waals surface area contributed by atoms with Gasteiger partial charge in [0, 0.05) is 23.5 Å². The molecule has 0 radical (unpaired) electrons. The molecule has 96 valence electrons. The maximum absolute atomic E-state index is 5.82. The zero-order valence-electron chi connectivity index (χ0n) is 10.7. The minimum atomic E-state index is 0.384. The molecule has 0 bridgehead atoms. The van der Waals surface area contributed by atoms with Crippen LogP contribution in [0, 0.1) is 0 Å². The van der Waals surface area contributed by atoms with Crippen LogP contribution >= 0.6 is 12.2 Å². The van der Waals surface area contributed by atoms with Crippen molar-refractivity contribution in [3.63, 3.8) is 0 Å². The highest BCUT2D eigenvalue weighted by Crippen LogP contribution is 2.39. The lowest BCUT2D eigenvalue weighted by molar-refractivity contribution is 0.757. The Bertz CT molecular complexity index is 639. The summed E-state index contributed by atoms with van der Waals surface area (Å²) in [5.74, 6) is 0. The van der Waals surface area contributed by atoms with E-state index in [1.165, 1.54) is 11.3 Å². The molecule has 19 heavy (non-hydrogen) atoms. The van der Waals surface area contributed by atoms with Crippen LogP contribution in [0.25, 0.3) is 0 Å². The average molecular weight is 269 g/mol. The Balaban J connectivity index is 2.15. The van der Waals surface area contributed by atoms with E-state index in [0.717, 1.165) is 17.7 Å². The van der Waals surface area contributed by atoms with Crippen LogP contribution in [0.4, 0.5) is 11.4 Å². The average Bonchev–Trinajstić information content (AvgIpc) is 2.74. The second kappa shape index (κ2) is 4.63. The minimum Gasteiger partial charge on any atom is -0.389 e. The van der Waals surface area contributed by atoms with Crippen LogP contribution < -0.4 is 10.6 Å². The van der Waals surface area contributed by atoms with Crippen molar-refractivity contribution in [3.8, 4) is 0 Å². The quantitative estimate of drug-likeness (QED) is 0.851. The summed E-state index contributed by atoms with van der Waals surface area (Å²) in [6, 6.07) is 10.7. The highest BCUT2D eigenvalue weighted by Gasteiger charge is 2.28. The van der Waals surface area contributed by atoms with Crippen molar-refractivity contribution in [1.82, 2.24) is 4.98 Å². The molecule has 3 nitrogen and oxygen atoms in total. The number of aromatic nitrogens is 1. The third kappa shape index (κ3) is 1.98. The summed E-state index contributed by atoms with van der Waals surface area (Å²) in [5, 5.41) is 0. The molecule has 2 aromatic rings. The Morgan fingerprint density at radius 1 is 1.32 bits per heavy atom. The van der Waals surface area contributed by atoms with Gasteiger partial charge < -0.3 is 10.6 Å². The van der Waals surface area contributed by atoms with Crippen LogP contribution in [0.1, 0.15) is 18.1 Å². The number of thiocarbonyl (C=S) groups is 1. The van der Waals surface area contributed by atoms with E-state index >= 15 is 0 Å². The summed E-state index contributed by atoms with van der Waals surface area (Å²) in [5.41, 5.74) is 10.3. The second-order valence-electron chi connectivity index (χ2n) is 4.81. The van der Waals surface area contributed by atoms with Gasteiger partial charge in [0.05, 0.1) is 11.9 Å². The third-order valence-electron chi connectivity index (χ3n) is 3.53. The van der Waals surface area contributed by atoms with Crippen molar-refractivity contribution in [2.75, 3.05) is 4.90 Å². The van der Waals surface area contributed by atoms with E-state index in [1.807, 2.05) is 12.3 Å². The number of hydrogen-bond donors (Lipinski definition) is 1. The molecule has 1 atom stereocenters. The Labute approximate surface area is 118 Å². The number of rotatable bonds is 2. The maximum Gasteiger partial charge on any atom is 0.106 e. The lowest BCUT2D eigenvalue weighted by atomic mass is 10.1. The monoisotopic (exact) mass is 269 g/mol. The molecule has 2 N–H and O–H groups in total. The van der Waals surface area contributed by atoms with Gasteiger partial charge in [0.2, 0.25) is 0 Å². The number of nitrogens with zero attached hydrogens (tertiary/aromatic N) is 2. The molecule has 0 fully saturated rings. The Hall–Kier alpha value is -1.94. The molecule has 2 heterocycles. The lowest BCUT2D eigenvalue weighted by Gasteiger charge is -2.26. The van der Waals surface area contributed by atoms with E-state index in [2.05, 4.69) is 41.1 Å². The van der Waals surface area contributed by atoms with Gasteiger partial charge >= 0.3 is 0 Å². The zero-order valence-corrected chi connectivity index (χ0v) is 11.5. The number of para-hydroxylation sites is 1. The fourth-order valence-electron chi connectivity index (χ4n) is 2.72. The number of benzene rings is 1. The number of pyridine rings is 1. The van der Waals surface area contributed by atoms with Gasteiger partial charge in [0.25, 0.3) is 0 Å². The topological polar surface area (TPSA) is 42.2 Å². The van der Waals surface area contributed by atoms with Gasteiger partial charge in [0.1, 0.15) is 4.99 Å². The van der Waals surface area contributed by atoms with Gasteiger partial charge in [-0.3, -0.25) is 4.98 Å². The predicted molar refractivity (Wildman–Crippen MR) is 81.9 cm³/mol. The molecule has 1 unspecified atom stereocenters. The van der Waals surface area contributed by atoms with E-state index in [0.29, 0.717) is 11.0 Å². The highest BCUT2D eigenvalue weighted by molar-refractivity contribution is 7.80. The molecule has 3 rings (SSSR count). The molecule has 0 spiro atoms. The molecule has 1 aromatic carbocycles. The van der Waals surface area contributed by atoms with Crippen molar-refractivity contribution in [1.29, 1.82) is 0 Å². The van der Waals surface area contributed by atoms with Crippen molar-refractivity contribution < 1.29 is 0 Å². The van der Waals surface area contributed by atoms with E-state index in [9.17, 15) is 0 Å². The molecular weight excluding hydrogens is 254 g/mol. The molecule has 4 heteroatoms. The molecule has 1 aliphatic rings. The van der Waals surface area contributed by atoms with Crippen LogP contribution in [-0.2, 0) is 6.42 Å². The van der Waals surface area contributed by atoms with E-state index in [4.69, 9.17) is 18.0 Å². The van der Waals surface area contributed by atoms with Crippen molar-refractivity contribution in [2.24, 2.45) is 5.73 Å². The highest BCUT2D eigenvalue weighted by atomic mass is 32.1. The molecule has 1 aromatic heterocycles. The molecule has 0 amide bonds. The van der Waals surface area contributed by atoms with Crippen molar-refractivity contribution in [3.05, 3.63) is 53.9 Å². The zero-order chi connectivity index (χ0) is 13.4. The van der Waals surface area contributed by atoms with Crippen LogP contribution in [-0.4, -0.2) is 16.0 Å². The Morgan fingerprint density at radius 2 is 2.11 bits per heavy atom. The van der Waals surface area contributed by atoms with Crippen LogP contribution in [0.2, 0.25) is 0 Å². The molecule has 0 saturated carbocycles. The first-order valence-corrected chi connectivity index (χ1v) is 6.70. The van der Waals surface area contributed by atoms with Crippen LogP contribution in [0.15, 0.2) is 42.7 Å². The number of hydrogen-bond acceptors (Lipinski definition) is 3. The second-order valence-corrected chi connectivity index (χ2v) is 5.25. The maximum atomic E-state index is 5.82. The van der Waals surface area contributed by atoms with Gasteiger partial charge in [-0.1, -0.05) is 30.4 Å². The van der Waals surface area contributed by atoms with Crippen molar-refractivity contribution in [2.45, 2.75) is 19.4 Å². The standard InChI is InChI=1S/C15H15N3S/c1-10-8-11-4-2-3-5-13(11)18(10)14-9-17-7-6-12(14)15(16)19/h2-7,9-10H,8H2,1H3,(H2,16,19). The van der Waals surface area contributed by atoms with Gasteiger partial charge in [0.15, 0.2) is 0 Å². The Kier molecular flexibility index (Phi) is 2.95. The summed E-state index contributed by atoms with van der Waals surface area (Å²) < 4.78 is 0. The molecule has 0 saturated heterocycles. The fraction of sp³-hybridized carbons (Fsp3) is 0.200. The summed E-state index contributed by atoms with van der Waals surface area (Å²) >= 11 is 5.15. The minimum absolute atomic E-state index is 0.384. The van der Waals surface area contributed by atoms with E-state index < -0.39 is 0 Å². The number of anilines is 2. The lowest BCUT2D eigenvalue weighted by Crippen LogP contribution is -2.27. The molecule has 0 aliphatic carbocycles. The van der Waals surface area contributed by atoms with Gasteiger partial charge in [-0.2, -0.15) is 0 Å². The summed E-state index contributed by atoms with van der Waals surface area (Å²) in [4.78, 5) is 6.91. The third-order valence-corrected chi connectivity index (χ3v) is 3.75. The van der Waals surface area contributed by atoms with Gasteiger partial charge in [-0.05, 0) is 31.0 Å². The van der Waals surface area contributed by atoms with Crippen molar-refractivity contribution >= 4 is 28.6 Å². The fourth-order valence-corrected chi connectivity index (χ4v) is 2.89. The van der Waals surface area contributed by atoms with E-state index in [1.54, 1.807) is 6.20 Å². The molecule has 1 aliphatic heterocycles. The number of fused-ring (bicyclic) bond motifs is 1. The normalized spacial score (nSPS) is 17.3. The predicted octanol–water partition coefficient (Wildman–Crippen LogP) is 2.80. The molecular formula is C15H15N3S.